The molecular weight excluding hydrogens is 713 g/mol. The molecular formula is C57H40N2. The molecule has 1 aliphatic carbocycles. The van der Waals surface area contributed by atoms with Crippen LogP contribution in [-0.4, -0.2) is 9.97 Å². The number of fused-ring (bicyclic) bond motifs is 6. The van der Waals surface area contributed by atoms with Crippen molar-refractivity contribution in [3.63, 3.8) is 0 Å². The molecule has 0 unspecified atom stereocenters. The molecule has 0 atom stereocenters. The highest BCUT2D eigenvalue weighted by Crippen LogP contribution is 2.52. The van der Waals surface area contributed by atoms with Crippen LogP contribution in [0.1, 0.15) is 25.0 Å². The van der Waals surface area contributed by atoms with Gasteiger partial charge in [-0.25, -0.2) is 9.97 Å². The van der Waals surface area contributed by atoms with Crippen molar-refractivity contribution in [2.75, 3.05) is 0 Å². The van der Waals surface area contributed by atoms with E-state index in [-0.39, 0.29) is 5.41 Å². The van der Waals surface area contributed by atoms with E-state index in [1.54, 1.807) is 0 Å². The molecule has 1 aromatic heterocycles. The maximum Gasteiger partial charge on any atom is 0.161 e. The number of benzene rings is 9. The molecule has 59 heavy (non-hydrogen) atoms. The molecule has 0 radical (unpaired) electrons. The van der Waals surface area contributed by atoms with Crippen molar-refractivity contribution in [3.8, 4) is 78.4 Å². The SMILES string of the molecule is CC1(C)c2ccc(-c3ccc(-c4nc(-c5ccccc5)cc(-c5ccccc5-c5ccc(-c6ccccc6)cc5)n4)c4ccccc34)cc2-c2c1ccc1ccccc21. The van der Waals surface area contributed by atoms with Crippen LogP contribution >= 0.6 is 0 Å². The van der Waals surface area contributed by atoms with Crippen LogP contribution in [0.5, 0.6) is 0 Å². The topological polar surface area (TPSA) is 25.8 Å². The Kier molecular flexibility index (Phi) is 8.20. The van der Waals surface area contributed by atoms with Gasteiger partial charge in [0.05, 0.1) is 11.4 Å². The third-order valence-electron chi connectivity index (χ3n) is 12.3. The van der Waals surface area contributed by atoms with E-state index in [0.717, 1.165) is 44.6 Å². The van der Waals surface area contributed by atoms with Crippen LogP contribution < -0.4 is 0 Å². The fourth-order valence-corrected chi connectivity index (χ4v) is 9.33. The highest BCUT2D eigenvalue weighted by atomic mass is 14.9. The summed E-state index contributed by atoms with van der Waals surface area (Å²) < 4.78 is 0. The molecule has 2 heteroatoms. The van der Waals surface area contributed by atoms with Crippen molar-refractivity contribution in [2.45, 2.75) is 19.3 Å². The van der Waals surface area contributed by atoms with E-state index in [1.165, 1.54) is 60.7 Å². The Morgan fingerprint density at radius 3 is 1.63 bits per heavy atom. The van der Waals surface area contributed by atoms with Crippen molar-refractivity contribution >= 4 is 21.5 Å². The molecule has 11 rings (SSSR count). The fraction of sp³-hybridized carbons (Fsp3) is 0.0526. The van der Waals surface area contributed by atoms with E-state index in [2.05, 4.69) is 214 Å². The van der Waals surface area contributed by atoms with Crippen molar-refractivity contribution < 1.29 is 0 Å². The van der Waals surface area contributed by atoms with Gasteiger partial charge < -0.3 is 0 Å². The molecule has 0 aliphatic heterocycles. The smallest absolute Gasteiger partial charge is 0.161 e. The van der Waals surface area contributed by atoms with E-state index >= 15 is 0 Å². The molecule has 0 amide bonds. The zero-order valence-electron chi connectivity index (χ0n) is 33.0. The van der Waals surface area contributed by atoms with Crippen molar-refractivity contribution in [2.24, 2.45) is 0 Å². The Balaban J connectivity index is 1.06. The maximum atomic E-state index is 5.41. The summed E-state index contributed by atoms with van der Waals surface area (Å²) in [5.74, 6) is 0.703. The van der Waals surface area contributed by atoms with Gasteiger partial charge in [0.15, 0.2) is 5.82 Å². The molecule has 278 valence electrons. The van der Waals surface area contributed by atoms with Crippen LogP contribution in [0.15, 0.2) is 206 Å². The van der Waals surface area contributed by atoms with Crippen molar-refractivity contribution in [1.82, 2.24) is 9.97 Å². The first-order chi connectivity index (χ1) is 29.0. The summed E-state index contributed by atoms with van der Waals surface area (Å²) >= 11 is 0. The Labute approximate surface area is 345 Å². The average Bonchev–Trinajstić information content (AvgIpc) is 3.54. The monoisotopic (exact) mass is 752 g/mol. The summed E-state index contributed by atoms with van der Waals surface area (Å²) in [4.78, 5) is 10.7. The van der Waals surface area contributed by atoms with E-state index in [1.807, 2.05) is 6.07 Å². The second kappa shape index (κ2) is 13.9. The molecule has 2 nitrogen and oxygen atoms in total. The summed E-state index contributed by atoms with van der Waals surface area (Å²) in [6.45, 7) is 4.71. The number of aromatic nitrogens is 2. The predicted molar refractivity (Wildman–Crippen MR) is 247 cm³/mol. The first-order valence-corrected chi connectivity index (χ1v) is 20.4. The highest BCUT2D eigenvalue weighted by molar-refractivity contribution is 6.07. The molecule has 0 saturated carbocycles. The molecule has 0 bridgehead atoms. The lowest BCUT2D eigenvalue weighted by molar-refractivity contribution is 0.661. The molecule has 1 heterocycles. The van der Waals surface area contributed by atoms with Crippen molar-refractivity contribution in [3.05, 3.63) is 217 Å². The molecule has 0 spiro atoms. The van der Waals surface area contributed by atoms with Crippen LogP contribution in [0.4, 0.5) is 0 Å². The minimum absolute atomic E-state index is 0.0811. The number of hydrogen-bond acceptors (Lipinski definition) is 2. The van der Waals surface area contributed by atoms with Crippen LogP contribution in [0, 0.1) is 0 Å². The van der Waals surface area contributed by atoms with Crippen LogP contribution in [0.2, 0.25) is 0 Å². The van der Waals surface area contributed by atoms with Gasteiger partial charge in [-0.05, 0) is 95.4 Å². The summed E-state index contributed by atoms with van der Waals surface area (Å²) in [7, 11) is 0. The predicted octanol–water partition coefficient (Wildman–Crippen LogP) is 15.1. The summed E-state index contributed by atoms with van der Waals surface area (Å²) in [5.41, 5.74) is 17.3. The number of hydrogen-bond donors (Lipinski definition) is 0. The lowest BCUT2D eigenvalue weighted by Gasteiger charge is -2.21. The van der Waals surface area contributed by atoms with Gasteiger partial charge in [0.25, 0.3) is 0 Å². The van der Waals surface area contributed by atoms with Gasteiger partial charge in [-0.3, -0.25) is 0 Å². The highest BCUT2D eigenvalue weighted by Gasteiger charge is 2.36. The Morgan fingerprint density at radius 1 is 0.322 bits per heavy atom. The lowest BCUT2D eigenvalue weighted by atomic mass is 9.81. The summed E-state index contributed by atoms with van der Waals surface area (Å²) in [6, 6.07) is 74.2. The Bertz CT molecular complexity index is 3220. The second-order valence-electron chi connectivity index (χ2n) is 16.1. The van der Waals surface area contributed by atoms with Crippen LogP contribution in [0.25, 0.3) is 100.0 Å². The van der Waals surface area contributed by atoms with Gasteiger partial charge in [0.2, 0.25) is 0 Å². The molecule has 0 saturated heterocycles. The number of rotatable bonds is 6. The quantitative estimate of drug-likeness (QED) is 0.169. The van der Waals surface area contributed by atoms with E-state index in [4.69, 9.17) is 9.97 Å². The first kappa shape index (κ1) is 34.8. The molecule has 9 aromatic carbocycles. The summed E-state index contributed by atoms with van der Waals surface area (Å²) in [5, 5.41) is 4.88. The molecule has 10 aromatic rings. The van der Waals surface area contributed by atoms with Gasteiger partial charge in [0.1, 0.15) is 0 Å². The molecule has 0 fully saturated rings. The zero-order valence-corrected chi connectivity index (χ0v) is 33.0. The zero-order chi connectivity index (χ0) is 39.5. The summed E-state index contributed by atoms with van der Waals surface area (Å²) in [6.07, 6.45) is 0. The Hall–Kier alpha value is -7.42. The molecule has 1 aliphatic rings. The molecule has 0 N–H and O–H groups in total. The maximum absolute atomic E-state index is 5.41. The average molecular weight is 753 g/mol. The van der Waals surface area contributed by atoms with Gasteiger partial charge in [-0.15, -0.1) is 0 Å². The first-order valence-electron chi connectivity index (χ1n) is 20.4. The van der Waals surface area contributed by atoms with E-state index in [9.17, 15) is 0 Å². The van der Waals surface area contributed by atoms with Gasteiger partial charge in [0, 0.05) is 22.1 Å². The van der Waals surface area contributed by atoms with E-state index < -0.39 is 0 Å². The standard InChI is InChI=1S/C57H40N2/c1-57(2)51-33-30-42(35-50(51)55-45-21-10-9-17-39(45)29-34-52(55)57)44-31-32-49(47-23-13-12-22-46(44)47)56-58-53(41-18-7-4-8-19-41)36-54(59-56)48-24-14-11-20-43(48)40-27-25-38(26-28-40)37-15-5-3-6-16-37/h3-36H,1-2H3. The number of nitrogens with zero attached hydrogens (tertiary/aromatic N) is 2. The third kappa shape index (κ3) is 5.87. The van der Waals surface area contributed by atoms with E-state index in [0.29, 0.717) is 5.82 Å². The van der Waals surface area contributed by atoms with Gasteiger partial charge in [-0.2, -0.15) is 0 Å². The van der Waals surface area contributed by atoms with Crippen LogP contribution in [-0.2, 0) is 5.41 Å². The fourth-order valence-electron chi connectivity index (χ4n) is 9.33. The Morgan fingerprint density at radius 2 is 0.864 bits per heavy atom. The normalized spacial score (nSPS) is 12.7. The lowest BCUT2D eigenvalue weighted by Crippen LogP contribution is -2.14. The van der Waals surface area contributed by atoms with Crippen LogP contribution in [0.3, 0.4) is 0 Å². The second-order valence-corrected chi connectivity index (χ2v) is 16.1. The van der Waals surface area contributed by atoms with Gasteiger partial charge in [-0.1, -0.05) is 202 Å². The minimum Gasteiger partial charge on any atom is -0.228 e. The van der Waals surface area contributed by atoms with Gasteiger partial charge >= 0.3 is 0 Å². The third-order valence-corrected chi connectivity index (χ3v) is 12.3. The largest absolute Gasteiger partial charge is 0.228 e. The minimum atomic E-state index is -0.0811. The van der Waals surface area contributed by atoms with Crippen molar-refractivity contribution in [1.29, 1.82) is 0 Å².